The van der Waals surface area contributed by atoms with E-state index in [1.807, 2.05) is 17.5 Å². The SMILES string of the molecule is CNC(=O)c1ccc(CNC(=O)N(C)C[C@H](C)c2nccs2)cc1. The third-order valence-electron chi connectivity index (χ3n) is 3.65. The fourth-order valence-electron chi connectivity index (χ4n) is 2.28. The van der Waals surface area contributed by atoms with Crippen LogP contribution < -0.4 is 10.6 Å². The summed E-state index contributed by atoms with van der Waals surface area (Å²) in [5, 5.41) is 8.42. The lowest BCUT2D eigenvalue weighted by Gasteiger charge is -2.21. The summed E-state index contributed by atoms with van der Waals surface area (Å²) in [6.07, 6.45) is 1.78. The molecule has 0 aliphatic rings. The molecule has 1 aromatic heterocycles. The van der Waals surface area contributed by atoms with Crippen molar-refractivity contribution in [3.8, 4) is 0 Å². The van der Waals surface area contributed by atoms with Gasteiger partial charge < -0.3 is 15.5 Å². The number of aromatic nitrogens is 1. The molecule has 2 rings (SSSR count). The molecule has 1 aromatic carbocycles. The minimum absolute atomic E-state index is 0.124. The Labute approximate surface area is 145 Å². The average Bonchev–Trinajstić information content (AvgIpc) is 3.14. The Morgan fingerprint density at radius 3 is 2.58 bits per heavy atom. The Kier molecular flexibility index (Phi) is 6.31. The van der Waals surface area contributed by atoms with Crippen LogP contribution in [-0.2, 0) is 6.54 Å². The highest BCUT2D eigenvalue weighted by Crippen LogP contribution is 2.18. The van der Waals surface area contributed by atoms with Crippen LogP contribution in [0.4, 0.5) is 4.79 Å². The Hall–Kier alpha value is -2.41. The summed E-state index contributed by atoms with van der Waals surface area (Å²) >= 11 is 1.60. The smallest absolute Gasteiger partial charge is 0.317 e. The molecule has 0 bridgehead atoms. The monoisotopic (exact) mass is 346 g/mol. The predicted octanol–water partition coefficient (Wildman–Crippen LogP) is 2.45. The lowest BCUT2D eigenvalue weighted by Crippen LogP contribution is -2.38. The van der Waals surface area contributed by atoms with Crippen LogP contribution in [0.15, 0.2) is 35.8 Å². The fraction of sp³-hybridized carbons (Fsp3) is 0.353. The topological polar surface area (TPSA) is 74.3 Å². The Morgan fingerprint density at radius 1 is 1.29 bits per heavy atom. The molecule has 2 aromatic rings. The molecule has 128 valence electrons. The molecule has 0 fully saturated rings. The van der Waals surface area contributed by atoms with Crippen molar-refractivity contribution in [2.45, 2.75) is 19.4 Å². The number of benzene rings is 1. The van der Waals surface area contributed by atoms with Gasteiger partial charge in [-0.3, -0.25) is 4.79 Å². The highest BCUT2D eigenvalue weighted by Gasteiger charge is 2.15. The molecule has 2 N–H and O–H groups in total. The summed E-state index contributed by atoms with van der Waals surface area (Å²) in [5.74, 6) is 0.0779. The number of amides is 3. The molecule has 0 saturated heterocycles. The van der Waals surface area contributed by atoms with E-state index in [-0.39, 0.29) is 17.9 Å². The maximum atomic E-state index is 12.2. The molecule has 1 atom stereocenters. The highest BCUT2D eigenvalue weighted by molar-refractivity contribution is 7.09. The number of hydrogen-bond donors (Lipinski definition) is 2. The van der Waals surface area contributed by atoms with Gasteiger partial charge in [0.15, 0.2) is 0 Å². The molecule has 0 saturated carbocycles. The van der Waals surface area contributed by atoms with Crippen LogP contribution in [0.3, 0.4) is 0 Å². The van der Waals surface area contributed by atoms with E-state index in [1.54, 1.807) is 48.7 Å². The van der Waals surface area contributed by atoms with E-state index in [4.69, 9.17) is 0 Å². The van der Waals surface area contributed by atoms with Gasteiger partial charge in [0.2, 0.25) is 0 Å². The molecule has 0 radical (unpaired) electrons. The fourth-order valence-corrected chi connectivity index (χ4v) is 2.97. The molecule has 7 heteroatoms. The van der Waals surface area contributed by atoms with E-state index in [2.05, 4.69) is 22.5 Å². The number of hydrogen-bond acceptors (Lipinski definition) is 4. The third-order valence-corrected chi connectivity index (χ3v) is 4.66. The molecular weight excluding hydrogens is 324 g/mol. The first-order valence-corrected chi connectivity index (χ1v) is 8.58. The first-order valence-electron chi connectivity index (χ1n) is 7.70. The van der Waals surface area contributed by atoms with Gasteiger partial charge >= 0.3 is 6.03 Å². The Balaban J connectivity index is 1.82. The van der Waals surface area contributed by atoms with Crippen molar-refractivity contribution in [1.29, 1.82) is 0 Å². The van der Waals surface area contributed by atoms with Gasteiger partial charge in [0.05, 0.1) is 5.01 Å². The molecule has 3 amide bonds. The van der Waals surface area contributed by atoms with Crippen LogP contribution in [0.5, 0.6) is 0 Å². The molecule has 24 heavy (non-hydrogen) atoms. The summed E-state index contributed by atoms with van der Waals surface area (Å²) < 4.78 is 0. The number of likely N-dealkylation sites (N-methyl/N-ethyl adjacent to an activating group) is 1. The lowest BCUT2D eigenvalue weighted by atomic mass is 10.1. The summed E-state index contributed by atoms with van der Waals surface area (Å²) in [7, 11) is 3.37. The zero-order chi connectivity index (χ0) is 17.5. The largest absolute Gasteiger partial charge is 0.355 e. The van der Waals surface area contributed by atoms with Gasteiger partial charge in [-0.2, -0.15) is 0 Å². The maximum Gasteiger partial charge on any atom is 0.317 e. The molecule has 6 nitrogen and oxygen atoms in total. The number of nitrogens with zero attached hydrogens (tertiary/aromatic N) is 2. The van der Waals surface area contributed by atoms with E-state index < -0.39 is 0 Å². The molecule has 0 aliphatic heterocycles. The zero-order valence-corrected chi connectivity index (χ0v) is 14.9. The van der Waals surface area contributed by atoms with Crippen LogP contribution in [0.25, 0.3) is 0 Å². The predicted molar refractivity (Wildman–Crippen MR) is 95.2 cm³/mol. The van der Waals surface area contributed by atoms with Crippen molar-refractivity contribution in [2.24, 2.45) is 0 Å². The van der Waals surface area contributed by atoms with Gasteiger partial charge in [0, 0.05) is 50.2 Å². The number of nitrogens with one attached hydrogen (secondary N) is 2. The molecular formula is C17H22N4O2S. The lowest BCUT2D eigenvalue weighted by molar-refractivity contribution is 0.0963. The van der Waals surface area contributed by atoms with E-state index >= 15 is 0 Å². The Bertz CT molecular complexity index is 670. The normalized spacial score (nSPS) is 11.6. The summed E-state index contributed by atoms with van der Waals surface area (Å²) in [6.45, 7) is 3.08. The first kappa shape index (κ1) is 17.9. The quantitative estimate of drug-likeness (QED) is 0.844. The van der Waals surface area contributed by atoms with Crippen molar-refractivity contribution in [2.75, 3.05) is 20.6 Å². The van der Waals surface area contributed by atoms with E-state index in [9.17, 15) is 9.59 Å². The second kappa shape index (κ2) is 8.44. The van der Waals surface area contributed by atoms with Crippen LogP contribution in [0, 0.1) is 0 Å². The molecule has 1 heterocycles. The minimum atomic E-state index is -0.131. The van der Waals surface area contributed by atoms with E-state index in [1.165, 1.54) is 0 Å². The molecule has 0 unspecified atom stereocenters. The van der Waals surface area contributed by atoms with Crippen molar-refractivity contribution in [3.63, 3.8) is 0 Å². The van der Waals surface area contributed by atoms with Crippen molar-refractivity contribution < 1.29 is 9.59 Å². The second-order valence-electron chi connectivity index (χ2n) is 5.59. The number of thiazole rings is 1. The van der Waals surface area contributed by atoms with Gasteiger partial charge in [0.1, 0.15) is 0 Å². The number of rotatable bonds is 6. The van der Waals surface area contributed by atoms with E-state index in [0.29, 0.717) is 18.7 Å². The van der Waals surface area contributed by atoms with E-state index in [0.717, 1.165) is 10.6 Å². The highest BCUT2D eigenvalue weighted by atomic mass is 32.1. The maximum absolute atomic E-state index is 12.2. The number of carbonyl (C=O) groups excluding carboxylic acids is 2. The van der Waals surface area contributed by atoms with Gasteiger partial charge in [-0.1, -0.05) is 19.1 Å². The second-order valence-corrected chi connectivity index (χ2v) is 6.51. The summed E-state index contributed by atoms with van der Waals surface area (Å²) in [4.78, 5) is 29.6. The number of carbonyl (C=O) groups is 2. The van der Waals surface area contributed by atoms with Crippen molar-refractivity contribution in [1.82, 2.24) is 20.5 Å². The van der Waals surface area contributed by atoms with Crippen LogP contribution in [0.2, 0.25) is 0 Å². The summed E-state index contributed by atoms with van der Waals surface area (Å²) in [6, 6.07) is 7.03. The molecule has 0 aliphatic carbocycles. The summed E-state index contributed by atoms with van der Waals surface area (Å²) in [5.41, 5.74) is 1.54. The standard InChI is InChI=1S/C17H22N4O2S/c1-12(16-19-8-9-24-16)11-21(3)17(23)20-10-13-4-6-14(7-5-13)15(22)18-2/h4-9,12H,10-11H2,1-3H3,(H,18,22)(H,20,23)/t12-/m0/s1. The van der Waals surface area contributed by atoms with Crippen LogP contribution in [-0.4, -0.2) is 42.5 Å². The first-order chi connectivity index (χ1) is 11.5. The average molecular weight is 346 g/mol. The van der Waals surface area contributed by atoms with Gasteiger partial charge in [-0.05, 0) is 17.7 Å². The van der Waals surface area contributed by atoms with Crippen LogP contribution >= 0.6 is 11.3 Å². The third kappa shape index (κ3) is 4.79. The van der Waals surface area contributed by atoms with Gasteiger partial charge in [-0.15, -0.1) is 11.3 Å². The zero-order valence-electron chi connectivity index (χ0n) is 14.1. The minimum Gasteiger partial charge on any atom is -0.355 e. The number of urea groups is 1. The Morgan fingerprint density at radius 2 is 2.00 bits per heavy atom. The van der Waals surface area contributed by atoms with Gasteiger partial charge in [0.25, 0.3) is 5.91 Å². The van der Waals surface area contributed by atoms with Crippen molar-refractivity contribution in [3.05, 3.63) is 52.0 Å². The van der Waals surface area contributed by atoms with Crippen molar-refractivity contribution >= 4 is 23.3 Å². The van der Waals surface area contributed by atoms with Crippen LogP contribution in [0.1, 0.15) is 33.8 Å². The molecule has 0 spiro atoms. The van der Waals surface area contributed by atoms with Gasteiger partial charge in [-0.25, -0.2) is 9.78 Å².